The summed E-state index contributed by atoms with van der Waals surface area (Å²) >= 11 is 0. The van der Waals surface area contributed by atoms with Crippen LogP contribution in [-0.2, 0) is 0 Å². The minimum absolute atomic E-state index is 0.256. The molecule has 31 heavy (non-hydrogen) atoms. The molecule has 1 aromatic heterocycles. The molecule has 6 heteroatoms. The predicted octanol–water partition coefficient (Wildman–Crippen LogP) is 4.32. The lowest BCUT2D eigenvalue weighted by molar-refractivity contribution is 0.158. The minimum atomic E-state index is -0.385. The summed E-state index contributed by atoms with van der Waals surface area (Å²) in [5.74, 6) is 7.21. The van der Waals surface area contributed by atoms with Crippen LogP contribution in [0.5, 0.6) is 0 Å². The monoisotopic (exact) mass is 423 g/mol. The van der Waals surface area contributed by atoms with Gasteiger partial charge in [-0.15, -0.1) is 0 Å². The minimum Gasteiger partial charge on any atom is -0.370 e. The average molecular weight is 424 g/mol. The second-order valence-electron chi connectivity index (χ2n) is 6.68. The lowest BCUT2D eigenvalue weighted by Gasteiger charge is -2.17. The fraction of sp³-hybridized carbons (Fsp3) is 0.400. The highest BCUT2D eigenvalue weighted by Gasteiger charge is 2.06. The SMILES string of the molecule is CC.CC/C=C(/NC(N)CNO)c1ccc(C#Cc2ccc(NCCCC)nc2)cc1. The molecular weight excluding hydrogens is 386 g/mol. The Morgan fingerprint density at radius 3 is 2.35 bits per heavy atom. The quantitative estimate of drug-likeness (QED) is 0.169. The zero-order chi connectivity index (χ0) is 22.9. The number of pyridine rings is 1. The van der Waals surface area contributed by atoms with Gasteiger partial charge in [0.1, 0.15) is 5.82 Å². The molecular formula is C25H37N5O. The maximum absolute atomic E-state index is 8.79. The van der Waals surface area contributed by atoms with Gasteiger partial charge in [-0.3, -0.25) is 0 Å². The number of unbranched alkanes of at least 4 members (excludes halogenated alkanes) is 1. The van der Waals surface area contributed by atoms with E-state index in [0.717, 1.165) is 54.0 Å². The van der Waals surface area contributed by atoms with Crippen LogP contribution in [0.3, 0.4) is 0 Å². The van der Waals surface area contributed by atoms with Gasteiger partial charge in [0.2, 0.25) is 0 Å². The van der Waals surface area contributed by atoms with E-state index in [1.165, 1.54) is 0 Å². The highest BCUT2D eigenvalue weighted by atomic mass is 16.5. The second-order valence-corrected chi connectivity index (χ2v) is 6.68. The third-order valence-corrected chi connectivity index (χ3v) is 4.21. The van der Waals surface area contributed by atoms with E-state index >= 15 is 0 Å². The Balaban J connectivity index is 0.00000233. The highest BCUT2D eigenvalue weighted by Crippen LogP contribution is 2.14. The number of nitrogens with zero attached hydrogens (tertiary/aromatic N) is 1. The molecule has 0 aliphatic rings. The molecule has 2 rings (SSSR count). The smallest absolute Gasteiger partial charge is 0.125 e. The third kappa shape index (κ3) is 10.1. The van der Waals surface area contributed by atoms with E-state index in [1.54, 1.807) is 6.20 Å². The Bertz CT molecular complexity index is 820. The standard InChI is InChI=1S/C23H31N5O.C2H6/c1-3-5-15-25-23-14-11-19(16-26-23)8-7-18-9-12-20(13-10-18)21(6-4-2)28-22(24)17-27-29;1-2/h6,9-14,16,22,27-29H,3-5,15,17,24H2,1-2H3,(H,25,26);1-2H3/b21-6+;. The van der Waals surface area contributed by atoms with Gasteiger partial charge in [0, 0.05) is 29.6 Å². The zero-order valence-electron chi connectivity index (χ0n) is 19.2. The van der Waals surface area contributed by atoms with Crippen molar-refractivity contribution in [2.45, 2.75) is 53.1 Å². The largest absolute Gasteiger partial charge is 0.370 e. The topological polar surface area (TPSA) is 95.2 Å². The predicted molar refractivity (Wildman–Crippen MR) is 131 cm³/mol. The van der Waals surface area contributed by atoms with E-state index in [1.807, 2.05) is 50.2 Å². The summed E-state index contributed by atoms with van der Waals surface area (Å²) in [5, 5.41) is 15.3. The number of anilines is 1. The van der Waals surface area contributed by atoms with Crippen LogP contribution < -0.4 is 21.8 Å². The molecule has 0 aliphatic heterocycles. The molecule has 0 saturated heterocycles. The zero-order valence-corrected chi connectivity index (χ0v) is 19.2. The molecule has 6 N–H and O–H groups in total. The van der Waals surface area contributed by atoms with Gasteiger partial charge in [-0.2, -0.15) is 0 Å². The average Bonchev–Trinajstić information content (AvgIpc) is 2.80. The van der Waals surface area contributed by atoms with E-state index in [2.05, 4.69) is 52.9 Å². The summed E-state index contributed by atoms with van der Waals surface area (Å²) < 4.78 is 0. The van der Waals surface area contributed by atoms with Gasteiger partial charge in [-0.25, -0.2) is 10.5 Å². The molecule has 2 aromatic rings. The molecule has 168 valence electrons. The number of rotatable bonds is 10. The van der Waals surface area contributed by atoms with E-state index in [4.69, 9.17) is 10.9 Å². The molecule has 0 aliphatic carbocycles. The van der Waals surface area contributed by atoms with Crippen molar-refractivity contribution in [3.63, 3.8) is 0 Å². The van der Waals surface area contributed by atoms with E-state index < -0.39 is 0 Å². The maximum atomic E-state index is 8.79. The molecule has 1 atom stereocenters. The van der Waals surface area contributed by atoms with Crippen molar-refractivity contribution in [3.05, 3.63) is 65.4 Å². The molecule has 0 fully saturated rings. The molecule has 1 aromatic carbocycles. The Morgan fingerprint density at radius 1 is 1.10 bits per heavy atom. The highest BCUT2D eigenvalue weighted by molar-refractivity contribution is 5.65. The summed E-state index contributed by atoms with van der Waals surface area (Å²) in [7, 11) is 0. The molecule has 0 spiro atoms. The van der Waals surface area contributed by atoms with Gasteiger partial charge in [-0.05, 0) is 42.7 Å². The lowest BCUT2D eigenvalue weighted by Crippen LogP contribution is -2.43. The van der Waals surface area contributed by atoms with Gasteiger partial charge in [-0.1, -0.05) is 64.2 Å². The van der Waals surface area contributed by atoms with Gasteiger partial charge in [0.15, 0.2) is 0 Å². The summed E-state index contributed by atoms with van der Waals surface area (Å²) in [6.07, 6.45) is 6.64. The Kier molecular flexibility index (Phi) is 13.4. The van der Waals surface area contributed by atoms with E-state index in [0.29, 0.717) is 0 Å². The van der Waals surface area contributed by atoms with Crippen molar-refractivity contribution >= 4 is 11.5 Å². The summed E-state index contributed by atoms with van der Waals surface area (Å²) in [6, 6.07) is 11.9. The van der Waals surface area contributed by atoms with Crippen LogP contribution in [0.2, 0.25) is 0 Å². The fourth-order valence-corrected chi connectivity index (χ4v) is 2.66. The van der Waals surface area contributed by atoms with Gasteiger partial charge in [0.25, 0.3) is 0 Å². The number of allylic oxidation sites excluding steroid dienone is 1. The number of benzene rings is 1. The molecule has 1 unspecified atom stereocenters. The first-order valence-electron chi connectivity index (χ1n) is 11.1. The van der Waals surface area contributed by atoms with Crippen LogP contribution in [0.4, 0.5) is 5.82 Å². The molecule has 0 saturated carbocycles. The Morgan fingerprint density at radius 2 is 1.77 bits per heavy atom. The summed E-state index contributed by atoms with van der Waals surface area (Å²) in [6.45, 7) is 9.43. The molecule has 0 radical (unpaired) electrons. The van der Waals surface area contributed by atoms with Crippen LogP contribution in [0.1, 0.15) is 63.6 Å². The van der Waals surface area contributed by atoms with Crippen LogP contribution in [0.15, 0.2) is 48.7 Å². The number of hydroxylamine groups is 1. The molecule has 1 heterocycles. The fourth-order valence-electron chi connectivity index (χ4n) is 2.66. The Labute approximate surface area is 187 Å². The lowest BCUT2D eigenvalue weighted by atomic mass is 10.1. The van der Waals surface area contributed by atoms with Crippen molar-refractivity contribution in [1.29, 1.82) is 0 Å². The van der Waals surface area contributed by atoms with Crippen LogP contribution >= 0.6 is 0 Å². The Hall–Kier alpha value is -2.85. The van der Waals surface area contributed by atoms with E-state index in [9.17, 15) is 0 Å². The van der Waals surface area contributed by atoms with Crippen LogP contribution in [0, 0.1) is 11.8 Å². The van der Waals surface area contributed by atoms with Crippen LogP contribution in [0.25, 0.3) is 5.70 Å². The van der Waals surface area contributed by atoms with Crippen molar-refractivity contribution in [1.82, 2.24) is 15.8 Å². The first-order valence-corrected chi connectivity index (χ1v) is 11.1. The normalized spacial score (nSPS) is 11.5. The summed E-state index contributed by atoms with van der Waals surface area (Å²) in [5.41, 5.74) is 11.8. The van der Waals surface area contributed by atoms with Gasteiger partial charge >= 0.3 is 0 Å². The number of hydrogen-bond acceptors (Lipinski definition) is 6. The van der Waals surface area contributed by atoms with Crippen molar-refractivity contribution < 1.29 is 5.21 Å². The number of aromatic nitrogens is 1. The van der Waals surface area contributed by atoms with Crippen molar-refractivity contribution in [2.24, 2.45) is 5.73 Å². The van der Waals surface area contributed by atoms with Crippen molar-refractivity contribution in [2.75, 3.05) is 18.4 Å². The third-order valence-electron chi connectivity index (χ3n) is 4.21. The first kappa shape index (κ1) is 26.2. The van der Waals surface area contributed by atoms with Gasteiger partial charge in [0.05, 0.1) is 12.7 Å². The van der Waals surface area contributed by atoms with Gasteiger partial charge < -0.3 is 21.6 Å². The second kappa shape index (κ2) is 15.9. The number of nitrogens with one attached hydrogen (secondary N) is 3. The number of nitrogens with two attached hydrogens (primary N) is 1. The first-order chi connectivity index (χ1) is 15.2. The molecule has 0 amide bonds. The summed E-state index contributed by atoms with van der Waals surface area (Å²) in [4.78, 5) is 4.40. The van der Waals surface area contributed by atoms with Crippen molar-refractivity contribution in [3.8, 4) is 11.8 Å². The number of hydrogen-bond donors (Lipinski definition) is 5. The van der Waals surface area contributed by atoms with Crippen LogP contribution in [-0.4, -0.2) is 29.4 Å². The molecule has 0 bridgehead atoms. The maximum Gasteiger partial charge on any atom is 0.125 e. The molecule has 6 nitrogen and oxygen atoms in total. The van der Waals surface area contributed by atoms with E-state index in [-0.39, 0.29) is 12.7 Å².